The average Bonchev–Trinajstić information content (AvgIpc) is 2.96. The van der Waals surface area contributed by atoms with Crippen LogP contribution in [0.25, 0.3) is 6.08 Å². The molecule has 9 heteroatoms. The maximum Gasteiger partial charge on any atom is 0.251 e. The Morgan fingerprint density at radius 3 is 2.42 bits per heavy atom. The third-order valence-corrected chi connectivity index (χ3v) is 7.19. The van der Waals surface area contributed by atoms with Gasteiger partial charge in [0, 0.05) is 50.2 Å². The van der Waals surface area contributed by atoms with Gasteiger partial charge in [-0.05, 0) is 48.7 Å². The number of nitrogens with zero attached hydrogens (tertiary/aromatic N) is 2. The highest BCUT2D eigenvalue weighted by atomic mass is 16.5. The summed E-state index contributed by atoms with van der Waals surface area (Å²) in [6.07, 6.45) is 7.29. The van der Waals surface area contributed by atoms with Crippen LogP contribution in [0.3, 0.4) is 0 Å². The first-order valence-corrected chi connectivity index (χ1v) is 14.0. The maximum atomic E-state index is 13.3. The minimum absolute atomic E-state index is 0.0391. The zero-order valence-corrected chi connectivity index (χ0v) is 23.8. The molecule has 0 fully saturated rings. The van der Waals surface area contributed by atoms with Crippen molar-refractivity contribution in [1.29, 1.82) is 0 Å². The van der Waals surface area contributed by atoms with E-state index in [1.807, 2.05) is 32.0 Å². The number of carbonyl (C=O) groups excluding carboxylic acids is 2. The van der Waals surface area contributed by atoms with Gasteiger partial charge >= 0.3 is 0 Å². The molecule has 5 heterocycles. The molecular formula is C31H40N4O5. The smallest absolute Gasteiger partial charge is 0.251 e. The topological polar surface area (TPSA) is 115 Å². The summed E-state index contributed by atoms with van der Waals surface area (Å²) in [6, 6.07) is 10.8. The number of aliphatic imine (C=N–C) groups is 1. The molecule has 40 heavy (non-hydrogen) atoms. The number of hydrogen-bond acceptors (Lipinski definition) is 7. The van der Waals surface area contributed by atoms with E-state index in [9.17, 15) is 9.59 Å². The van der Waals surface area contributed by atoms with E-state index in [1.54, 1.807) is 31.3 Å². The Bertz CT molecular complexity index is 1270. The van der Waals surface area contributed by atoms with Crippen LogP contribution in [0.2, 0.25) is 0 Å². The normalized spacial score (nSPS) is 23.8. The number of amides is 2. The number of fused-ring (bicyclic) bond motifs is 4. The van der Waals surface area contributed by atoms with Crippen molar-refractivity contribution in [3.63, 3.8) is 0 Å². The number of carbonyl (C=O) groups is 2. The third-order valence-electron chi connectivity index (χ3n) is 7.19. The van der Waals surface area contributed by atoms with Crippen LogP contribution in [0.4, 0.5) is 0 Å². The molecule has 6 bridgehead atoms. The molecule has 9 nitrogen and oxygen atoms in total. The van der Waals surface area contributed by atoms with Crippen LogP contribution in [-0.2, 0) is 9.53 Å². The summed E-state index contributed by atoms with van der Waals surface area (Å²) >= 11 is 0. The minimum Gasteiger partial charge on any atom is -0.493 e. The molecule has 2 aromatic rings. The lowest BCUT2D eigenvalue weighted by Gasteiger charge is -2.38. The lowest BCUT2D eigenvalue weighted by Crippen LogP contribution is -2.50. The van der Waals surface area contributed by atoms with Crippen LogP contribution in [0.1, 0.15) is 85.1 Å². The summed E-state index contributed by atoms with van der Waals surface area (Å²) in [4.78, 5) is 32.8. The molecule has 0 saturated carbocycles. The van der Waals surface area contributed by atoms with E-state index in [0.29, 0.717) is 43.8 Å². The van der Waals surface area contributed by atoms with Gasteiger partial charge in [-0.25, -0.2) is 4.99 Å². The van der Waals surface area contributed by atoms with Crippen LogP contribution < -0.4 is 20.5 Å². The van der Waals surface area contributed by atoms with Crippen LogP contribution in [-0.4, -0.2) is 56.1 Å². The first-order chi connectivity index (χ1) is 19.5. The van der Waals surface area contributed by atoms with E-state index in [1.165, 1.54) is 0 Å². The van der Waals surface area contributed by atoms with Gasteiger partial charge in [-0.1, -0.05) is 32.1 Å². The van der Waals surface area contributed by atoms with Crippen LogP contribution in [0.5, 0.6) is 11.5 Å². The summed E-state index contributed by atoms with van der Waals surface area (Å²) in [5, 5.41) is 3.19. The van der Waals surface area contributed by atoms with Crippen molar-refractivity contribution in [2.75, 3.05) is 27.4 Å². The van der Waals surface area contributed by atoms with Crippen molar-refractivity contribution in [2.24, 2.45) is 10.7 Å². The molecule has 2 aromatic carbocycles. The Morgan fingerprint density at radius 2 is 1.68 bits per heavy atom. The predicted octanol–water partition coefficient (Wildman–Crippen LogP) is 4.78. The fraction of sp³-hybridized carbons (Fsp3) is 0.452. The summed E-state index contributed by atoms with van der Waals surface area (Å²) in [5.74, 6) is 1.50. The highest BCUT2D eigenvalue weighted by Gasteiger charge is 2.37. The Labute approximate surface area is 236 Å². The van der Waals surface area contributed by atoms with Crippen molar-refractivity contribution in [3.8, 4) is 11.5 Å². The predicted molar refractivity (Wildman–Crippen MR) is 155 cm³/mol. The SMILES string of the molecule is CC.COC.NC1=NC2CC/C=C/c3ccc4c(c3)C(CCO4)NC(=O)c3ccc4c(c3)[C@@H](CCO4)N1C(=O)C2. The lowest BCUT2D eigenvalue weighted by atomic mass is 9.94. The van der Waals surface area contributed by atoms with E-state index < -0.39 is 0 Å². The number of nitrogens with one attached hydrogen (secondary N) is 1. The molecule has 214 valence electrons. The molecule has 0 radical (unpaired) electrons. The molecule has 2 unspecified atom stereocenters. The summed E-state index contributed by atoms with van der Waals surface area (Å²) < 4.78 is 15.9. The minimum atomic E-state index is -0.311. The Balaban J connectivity index is 0.000000695. The van der Waals surface area contributed by atoms with Crippen LogP contribution >= 0.6 is 0 Å². The fourth-order valence-electron chi connectivity index (χ4n) is 5.42. The molecule has 0 saturated heterocycles. The van der Waals surface area contributed by atoms with Crippen molar-refractivity contribution >= 4 is 23.8 Å². The first-order valence-electron chi connectivity index (χ1n) is 14.0. The molecule has 2 amide bonds. The fourth-order valence-corrected chi connectivity index (χ4v) is 5.42. The van der Waals surface area contributed by atoms with Crippen molar-refractivity contribution in [3.05, 3.63) is 64.7 Å². The second-order valence-corrected chi connectivity index (χ2v) is 9.86. The number of allylic oxidation sites excluding steroid dienone is 1. The number of benzene rings is 2. The molecular weight excluding hydrogens is 508 g/mol. The Morgan fingerprint density at radius 1 is 0.975 bits per heavy atom. The molecule has 7 rings (SSSR count). The van der Waals surface area contributed by atoms with Crippen molar-refractivity contribution < 1.29 is 23.8 Å². The highest BCUT2D eigenvalue weighted by molar-refractivity contribution is 5.99. The number of rotatable bonds is 0. The van der Waals surface area contributed by atoms with E-state index in [2.05, 4.69) is 33.3 Å². The van der Waals surface area contributed by atoms with Gasteiger partial charge in [-0.15, -0.1) is 0 Å². The largest absolute Gasteiger partial charge is 0.493 e. The number of ether oxygens (including phenoxy) is 3. The standard InChI is InChI=1S/C27H28N4O4.C2H6O.C2H6/c28-27-29-18-4-2-1-3-16-5-7-23-19(13-16)21(9-11-34-23)30-26(33)17-6-8-24-20(14-17)22(10-12-35-24)31(27)25(32)15-18;1-3-2;1-2/h1,3,5-8,13-14,18,21-22H,2,4,9-12,15H2,(H2,28,29)(H,30,33);1-2H3;1-2H3/b3-1+;;/t18?,21?,22-;;/m1../s1. The second-order valence-electron chi connectivity index (χ2n) is 9.86. The molecule has 5 aliphatic heterocycles. The van der Waals surface area contributed by atoms with Crippen LogP contribution in [0.15, 0.2) is 47.5 Å². The first kappa shape index (κ1) is 29.1. The van der Waals surface area contributed by atoms with Gasteiger partial charge in [0.1, 0.15) is 11.5 Å². The van der Waals surface area contributed by atoms with Gasteiger partial charge in [0.2, 0.25) is 5.91 Å². The highest BCUT2D eigenvalue weighted by Crippen LogP contribution is 2.39. The zero-order valence-electron chi connectivity index (χ0n) is 23.8. The average molecular weight is 549 g/mol. The molecule has 3 N–H and O–H groups in total. The van der Waals surface area contributed by atoms with Gasteiger partial charge in [0.25, 0.3) is 5.91 Å². The van der Waals surface area contributed by atoms with Gasteiger partial charge < -0.3 is 25.3 Å². The second kappa shape index (κ2) is 13.5. The van der Waals surface area contributed by atoms with Gasteiger partial charge in [-0.2, -0.15) is 0 Å². The van der Waals surface area contributed by atoms with E-state index in [4.69, 9.17) is 15.2 Å². The number of hydrogen-bond donors (Lipinski definition) is 2. The molecule has 5 aliphatic rings. The third kappa shape index (κ3) is 6.31. The summed E-state index contributed by atoms with van der Waals surface area (Å²) in [6.45, 7) is 5.01. The van der Waals surface area contributed by atoms with Crippen molar-refractivity contribution in [1.82, 2.24) is 10.2 Å². The van der Waals surface area contributed by atoms with E-state index >= 15 is 0 Å². The summed E-state index contributed by atoms with van der Waals surface area (Å²) in [7, 11) is 3.25. The van der Waals surface area contributed by atoms with Gasteiger partial charge in [-0.3, -0.25) is 14.5 Å². The Kier molecular flexibility index (Phi) is 9.82. The summed E-state index contributed by atoms with van der Waals surface area (Å²) in [5.41, 5.74) is 9.66. The Hall–Kier alpha value is -3.85. The van der Waals surface area contributed by atoms with Crippen molar-refractivity contribution in [2.45, 2.75) is 64.1 Å². The quantitative estimate of drug-likeness (QED) is 0.490. The van der Waals surface area contributed by atoms with E-state index in [0.717, 1.165) is 35.3 Å². The molecule has 0 aromatic heterocycles. The zero-order chi connectivity index (χ0) is 28.6. The lowest BCUT2D eigenvalue weighted by molar-refractivity contribution is -0.130. The number of nitrogens with two attached hydrogens (primary N) is 1. The van der Waals surface area contributed by atoms with Crippen LogP contribution in [0, 0.1) is 0 Å². The van der Waals surface area contributed by atoms with E-state index in [-0.39, 0.29) is 35.9 Å². The number of methoxy groups -OCH3 is 1. The molecule has 0 aliphatic carbocycles. The van der Waals surface area contributed by atoms with Gasteiger partial charge in [0.15, 0.2) is 5.96 Å². The monoisotopic (exact) mass is 548 g/mol. The molecule has 3 atom stereocenters. The maximum absolute atomic E-state index is 13.3. The number of guanidine groups is 1. The molecule has 0 spiro atoms. The van der Waals surface area contributed by atoms with Gasteiger partial charge in [0.05, 0.1) is 31.3 Å².